The lowest BCUT2D eigenvalue weighted by atomic mass is 10.1. The summed E-state index contributed by atoms with van der Waals surface area (Å²) in [5, 5.41) is 10.7. The molecule has 0 spiro atoms. The molecule has 28 heavy (non-hydrogen) atoms. The van der Waals surface area contributed by atoms with Gasteiger partial charge >= 0.3 is 5.97 Å². The average Bonchev–Trinajstić information content (AvgIpc) is 3.18. The van der Waals surface area contributed by atoms with Crippen molar-refractivity contribution in [1.82, 2.24) is 10.2 Å². The van der Waals surface area contributed by atoms with Gasteiger partial charge < -0.3 is 19.2 Å². The second-order valence-corrected chi connectivity index (χ2v) is 6.41. The maximum absolute atomic E-state index is 12.4. The molecule has 2 aromatic carbocycles. The first-order valence-corrected chi connectivity index (χ1v) is 8.68. The van der Waals surface area contributed by atoms with Gasteiger partial charge in [0.2, 0.25) is 5.89 Å². The molecule has 0 saturated heterocycles. The van der Waals surface area contributed by atoms with Crippen LogP contribution in [0, 0.1) is 6.92 Å². The number of hydrogen-bond donors (Lipinski definition) is 1. The summed E-state index contributed by atoms with van der Waals surface area (Å²) in [5.74, 6) is 0.172. The maximum Gasteiger partial charge on any atom is 0.339 e. The van der Waals surface area contributed by atoms with Crippen LogP contribution in [0.5, 0.6) is 5.75 Å². The zero-order valence-corrected chi connectivity index (χ0v) is 15.3. The maximum atomic E-state index is 12.4. The molecule has 0 fully saturated rings. The number of fused-ring (bicyclic) bond motifs is 1. The Kier molecular flexibility index (Phi) is 4.52. The van der Waals surface area contributed by atoms with Crippen LogP contribution >= 0.6 is 0 Å². The Balaban J connectivity index is 1.46. The quantitative estimate of drug-likeness (QED) is 0.694. The average molecular weight is 379 g/mol. The van der Waals surface area contributed by atoms with Crippen LogP contribution in [0.2, 0.25) is 0 Å². The fourth-order valence-corrected chi connectivity index (χ4v) is 2.69. The third-order valence-corrected chi connectivity index (χ3v) is 4.22. The van der Waals surface area contributed by atoms with E-state index < -0.39 is 12.1 Å². The number of esters is 1. The second kappa shape index (κ2) is 7.15. The first-order chi connectivity index (χ1) is 13.5. The fraction of sp³-hybridized carbons (Fsp3) is 0.200. The number of benzene rings is 2. The number of carbonyl (C=O) groups is 2. The van der Waals surface area contributed by atoms with Gasteiger partial charge in [-0.3, -0.25) is 4.79 Å². The van der Waals surface area contributed by atoms with E-state index >= 15 is 0 Å². The highest BCUT2D eigenvalue weighted by Crippen LogP contribution is 2.30. The molecule has 1 aromatic heterocycles. The van der Waals surface area contributed by atoms with Crippen molar-refractivity contribution in [2.45, 2.75) is 20.0 Å². The van der Waals surface area contributed by atoms with Crippen molar-refractivity contribution in [3.05, 3.63) is 59.5 Å². The molecule has 1 aliphatic rings. The van der Waals surface area contributed by atoms with Gasteiger partial charge in [0, 0.05) is 5.56 Å². The molecule has 0 aliphatic carbocycles. The molecule has 8 heteroatoms. The summed E-state index contributed by atoms with van der Waals surface area (Å²) < 4.78 is 16.4. The predicted octanol–water partition coefficient (Wildman–Crippen LogP) is 3.29. The molecular formula is C20H17N3O5. The van der Waals surface area contributed by atoms with Gasteiger partial charge in [-0.25, -0.2) is 4.79 Å². The van der Waals surface area contributed by atoms with Crippen LogP contribution in [0.1, 0.15) is 34.8 Å². The normalized spacial score (nSPS) is 13.9. The number of ether oxygens (including phenoxy) is 2. The van der Waals surface area contributed by atoms with Gasteiger partial charge in [-0.1, -0.05) is 17.7 Å². The molecule has 0 radical (unpaired) electrons. The topological polar surface area (TPSA) is 104 Å². The summed E-state index contributed by atoms with van der Waals surface area (Å²) >= 11 is 0. The Morgan fingerprint density at radius 3 is 2.75 bits per heavy atom. The van der Waals surface area contributed by atoms with Crippen LogP contribution in [0.4, 0.5) is 5.69 Å². The van der Waals surface area contributed by atoms with Crippen LogP contribution in [-0.4, -0.2) is 28.7 Å². The van der Waals surface area contributed by atoms with E-state index in [-0.39, 0.29) is 18.4 Å². The molecule has 1 amide bonds. The Labute approximate surface area is 160 Å². The standard InChI is InChI=1S/C20H17N3O5/c1-11-3-5-13(6-4-11)19-23-22-18(28-19)12(2)27-20(25)14-7-8-15-16(9-14)26-10-17(24)21-15/h3-9,12H,10H2,1-2H3,(H,21,24). The van der Waals surface area contributed by atoms with Gasteiger partial charge in [0.25, 0.3) is 11.8 Å². The number of carbonyl (C=O) groups excluding carboxylic acids is 2. The highest BCUT2D eigenvalue weighted by atomic mass is 16.6. The van der Waals surface area contributed by atoms with E-state index in [0.29, 0.717) is 22.9 Å². The number of nitrogens with one attached hydrogen (secondary N) is 1. The van der Waals surface area contributed by atoms with Crippen molar-refractivity contribution < 1.29 is 23.5 Å². The van der Waals surface area contributed by atoms with E-state index in [1.807, 2.05) is 31.2 Å². The van der Waals surface area contributed by atoms with Crippen molar-refractivity contribution in [1.29, 1.82) is 0 Å². The summed E-state index contributed by atoms with van der Waals surface area (Å²) in [4.78, 5) is 23.8. The van der Waals surface area contributed by atoms with E-state index in [2.05, 4.69) is 15.5 Å². The molecule has 1 unspecified atom stereocenters. The number of aryl methyl sites for hydroxylation is 1. The Morgan fingerprint density at radius 2 is 1.96 bits per heavy atom. The van der Waals surface area contributed by atoms with Gasteiger partial charge in [0.15, 0.2) is 12.7 Å². The third kappa shape index (κ3) is 3.57. The number of aromatic nitrogens is 2. The Morgan fingerprint density at radius 1 is 1.18 bits per heavy atom. The van der Waals surface area contributed by atoms with Crippen LogP contribution < -0.4 is 10.1 Å². The molecule has 8 nitrogen and oxygen atoms in total. The molecular weight excluding hydrogens is 362 g/mol. The molecule has 3 aromatic rings. The molecule has 142 valence electrons. The van der Waals surface area contributed by atoms with Gasteiger partial charge in [0.05, 0.1) is 11.3 Å². The minimum atomic E-state index is -0.726. The Hall–Kier alpha value is -3.68. The van der Waals surface area contributed by atoms with Gasteiger partial charge in [0.1, 0.15) is 5.75 Å². The molecule has 1 atom stereocenters. The predicted molar refractivity (Wildman–Crippen MR) is 98.9 cm³/mol. The van der Waals surface area contributed by atoms with Crippen molar-refractivity contribution >= 4 is 17.6 Å². The monoisotopic (exact) mass is 379 g/mol. The first kappa shape index (κ1) is 17.7. The van der Waals surface area contributed by atoms with E-state index in [4.69, 9.17) is 13.9 Å². The Bertz CT molecular complexity index is 1040. The minimum absolute atomic E-state index is 0.0916. The molecule has 0 saturated carbocycles. The van der Waals surface area contributed by atoms with Crippen LogP contribution in [-0.2, 0) is 9.53 Å². The minimum Gasteiger partial charge on any atom is -0.482 e. The number of hydrogen-bond acceptors (Lipinski definition) is 7. The lowest BCUT2D eigenvalue weighted by Gasteiger charge is -2.18. The van der Waals surface area contributed by atoms with Crippen molar-refractivity contribution in [3.63, 3.8) is 0 Å². The second-order valence-electron chi connectivity index (χ2n) is 6.41. The smallest absolute Gasteiger partial charge is 0.339 e. The zero-order chi connectivity index (χ0) is 19.7. The molecule has 1 aliphatic heterocycles. The number of amides is 1. The number of rotatable bonds is 4. The molecule has 1 N–H and O–H groups in total. The highest BCUT2D eigenvalue weighted by Gasteiger charge is 2.22. The van der Waals surface area contributed by atoms with E-state index in [9.17, 15) is 9.59 Å². The summed E-state index contributed by atoms with van der Waals surface area (Å²) in [7, 11) is 0. The fourth-order valence-electron chi connectivity index (χ4n) is 2.69. The molecule has 0 bridgehead atoms. The van der Waals surface area contributed by atoms with Crippen LogP contribution in [0.15, 0.2) is 46.9 Å². The largest absolute Gasteiger partial charge is 0.482 e. The van der Waals surface area contributed by atoms with E-state index in [1.54, 1.807) is 19.1 Å². The summed E-state index contributed by atoms with van der Waals surface area (Å²) in [6, 6.07) is 12.3. The lowest BCUT2D eigenvalue weighted by molar-refractivity contribution is -0.118. The van der Waals surface area contributed by atoms with Gasteiger partial charge in [-0.2, -0.15) is 0 Å². The van der Waals surface area contributed by atoms with Crippen molar-refractivity contribution in [3.8, 4) is 17.2 Å². The van der Waals surface area contributed by atoms with Crippen molar-refractivity contribution in [2.24, 2.45) is 0 Å². The SMILES string of the molecule is Cc1ccc(-c2nnc(C(C)OC(=O)c3ccc4c(c3)OCC(=O)N4)o2)cc1. The zero-order valence-electron chi connectivity index (χ0n) is 15.3. The highest BCUT2D eigenvalue weighted by molar-refractivity contribution is 5.97. The molecule has 4 rings (SSSR count). The summed E-state index contributed by atoms with van der Waals surface area (Å²) in [5.41, 5.74) is 2.72. The third-order valence-electron chi connectivity index (χ3n) is 4.22. The summed E-state index contributed by atoms with van der Waals surface area (Å²) in [6.07, 6.45) is -0.726. The number of anilines is 1. The van der Waals surface area contributed by atoms with Crippen LogP contribution in [0.25, 0.3) is 11.5 Å². The van der Waals surface area contributed by atoms with E-state index in [0.717, 1.165) is 11.1 Å². The number of nitrogens with zero attached hydrogens (tertiary/aromatic N) is 2. The molecule has 2 heterocycles. The van der Waals surface area contributed by atoms with E-state index in [1.165, 1.54) is 6.07 Å². The van der Waals surface area contributed by atoms with Crippen molar-refractivity contribution in [2.75, 3.05) is 11.9 Å². The van der Waals surface area contributed by atoms with Gasteiger partial charge in [-0.15, -0.1) is 10.2 Å². The van der Waals surface area contributed by atoms with Gasteiger partial charge in [-0.05, 0) is 44.2 Å². The van der Waals surface area contributed by atoms with Crippen LogP contribution in [0.3, 0.4) is 0 Å². The lowest BCUT2D eigenvalue weighted by Crippen LogP contribution is -2.25. The first-order valence-electron chi connectivity index (χ1n) is 8.68. The summed E-state index contributed by atoms with van der Waals surface area (Å²) in [6.45, 7) is 3.55.